The van der Waals surface area contributed by atoms with Gasteiger partial charge < -0.3 is 10.2 Å². The average molecular weight is 598 g/mol. The number of fused-ring (bicyclic) bond motifs is 3. The van der Waals surface area contributed by atoms with E-state index in [0.717, 1.165) is 67.8 Å². The predicted molar refractivity (Wildman–Crippen MR) is 171 cm³/mol. The summed E-state index contributed by atoms with van der Waals surface area (Å²) in [6.45, 7) is 5.42. The van der Waals surface area contributed by atoms with Gasteiger partial charge in [-0.2, -0.15) is 13.2 Å². The standard InChI is InChI=1S/C37H38F3N3O/c1-27-12-14-28(15-13-27)29-16-18-30(19-17-29)43-24-22-42(23-25-43)21-7-6-20-36(35(44)41-26-37(38,39)40)33-10-4-2-8-31(33)32-9-3-5-11-34(32)36/h2-5,8-19H,6-7,20-26H2,1H3,(H,41,44). The van der Waals surface area contributed by atoms with Crippen LogP contribution in [0.5, 0.6) is 0 Å². The van der Waals surface area contributed by atoms with Gasteiger partial charge in [-0.1, -0.05) is 96.9 Å². The molecule has 4 aromatic carbocycles. The van der Waals surface area contributed by atoms with E-state index in [-0.39, 0.29) is 0 Å². The first-order valence-electron chi connectivity index (χ1n) is 15.4. The number of alkyl halides is 3. The molecule has 44 heavy (non-hydrogen) atoms. The van der Waals surface area contributed by atoms with E-state index < -0.39 is 24.0 Å². The second kappa shape index (κ2) is 12.5. The van der Waals surface area contributed by atoms with Gasteiger partial charge in [-0.3, -0.25) is 9.69 Å². The van der Waals surface area contributed by atoms with Crippen LogP contribution in [-0.2, 0) is 10.2 Å². The molecule has 0 bridgehead atoms. The molecule has 1 heterocycles. The number of amides is 1. The molecule has 6 rings (SSSR count). The molecule has 0 radical (unpaired) electrons. The maximum Gasteiger partial charge on any atom is 0.405 e. The Morgan fingerprint density at radius 3 is 1.86 bits per heavy atom. The van der Waals surface area contributed by atoms with Crippen LogP contribution in [-0.4, -0.2) is 56.3 Å². The molecule has 4 aromatic rings. The van der Waals surface area contributed by atoms with Crippen LogP contribution < -0.4 is 10.2 Å². The summed E-state index contributed by atoms with van der Waals surface area (Å²) in [5.41, 5.74) is 7.21. The van der Waals surface area contributed by atoms with Crippen molar-refractivity contribution >= 4 is 11.6 Å². The van der Waals surface area contributed by atoms with Crippen LogP contribution in [0.1, 0.15) is 36.0 Å². The normalized spacial score (nSPS) is 16.0. The smallest absolute Gasteiger partial charge is 0.369 e. The number of hydrogen-bond donors (Lipinski definition) is 1. The van der Waals surface area contributed by atoms with Crippen molar-refractivity contribution in [1.29, 1.82) is 0 Å². The van der Waals surface area contributed by atoms with Crippen molar-refractivity contribution in [1.82, 2.24) is 10.2 Å². The van der Waals surface area contributed by atoms with Gasteiger partial charge >= 0.3 is 6.18 Å². The van der Waals surface area contributed by atoms with Crippen molar-refractivity contribution in [2.75, 3.05) is 44.2 Å². The molecule has 0 atom stereocenters. The lowest BCUT2D eigenvalue weighted by Gasteiger charge is -2.36. The number of nitrogens with zero attached hydrogens (tertiary/aromatic N) is 2. The molecule has 0 saturated carbocycles. The van der Waals surface area contributed by atoms with E-state index in [1.54, 1.807) is 0 Å². The highest BCUT2D eigenvalue weighted by Crippen LogP contribution is 2.51. The van der Waals surface area contributed by atoms with Gasteiger partial charge in [-0.15, -0.1) is 0 Å². The van der Waals surface area contributed by atoms with Gasteiger partial charge in [-0.05, 0) is 71.8 Å². The lowest BCUT2D eigenvalue weighted by Crippen LogP contribution is -2.47. The molecule has 1 N–H and O–H groups in total. The number of carbonyl (C=O) groups is 1. The predicted octanol–water partition coefficient (Wildman–Crippen LogP) is 7.60. The summed E-state index contributed by atoms with van der Waals surface area (Å²) in [5.74, 6) is -0.575. The minimum absolute atomic E-state index is 0.456. The van der Waals surface area contributed by atoms with E-state index in [0.29, 0.717) is 6.42 Å². The minimum atomic E-state index is -4.47. The lowest BCUT2D eigenvalue weighted by atomic mass is 9.73. The zero-order valence-electron chi connectivity index (χ0n) is 25.0. The fraction of sp³-hybridized carbons (Fsp3) is 0.324. The zero-order valence-corrected chi connectivity index (χ0v) is 25.0. The zero-order chi connectivity index (χ0) is 30.7. The second-order valence-corrected chi connectivity index (χ2v) is 12.0. The first-order valence-corrected chi connectivity index (χ1v) is 15.4. The van der Waals surface area contributed by atoms with Gasteiger partial charge in [0.25, 0.3) is 0 Å². The number of rotatable bonds is 9. The van der Waals surface area contributed by atoms with Crippen molar-refractivity contribution in [2.45, 2.75) is 37.8 Å². The Morgan fingerprint density at radius 2 is 1.30 bits per heavy atom. The van der Waals surface area contributed by atoms with Crippen LogP contribution in [0.25, 0.3) is 22.3 Å². The SMILES string of the molecule is Cc1ccc(-c2ccc(N3CCN(CCCCC4(C(=O)NCC(F)(F)F)c5ccccc5-c5ccccc54)CC3)cc2)cc1. The first-order chi connectivity index (χ1) is 21.2. The molecule has 0 spiro atoms. The molecule has 1 saturated heterocycles. The highest BCUT2D eigenvalue weighted by atomic mass is 19.4. The molecular weight excluding hydrogens is 559 g/mol. The van der Waals surface area contributed by atoms with Crippen molar-refractivity contribution in [3.63, 3.8) is 0 Å². The largest absolute Gasteiger partial charge is 0.405 e. The van der Waals surface area contributed by atoms with Crippen molar-refractivity contribution in [3.8, 4) is 22.3 Å². The fourth-order valence-electron chi connectivity index (χ4n) is 6.85. The fourth-order valence-corrected chi connectivity index (χ4v) is 6.85. The molecule has 4 nitrogen and oxygen atoms in total. The number of unbranched alkanes of at least 4 members (excludes halogenated alkanes) is 1. The van der Waals surface area contributed by atoms with Gasteiger partial charge in [0.05, 0.1) is 0 Å². The first kappa shape index (κ1) is 29.9. The monoisotopic (exact) mass is 597 g/mol. The van der Waals surface area contributed by atoms with Gasteiger partial charge in [0.2, 0.25) is 5.91 Å². The van der Waals surface area contributed by atoms with Gasteiger partial charge in [-0.25, -0.2) is 0 Å². The number of anilines is 1. The Bertz CT molecular complexity index is 1540. The molecule has 228 valence electrons. The van der Waals surface area contributed by atoms with Crippen LogP contribution >= 0.6 is 0 Å². The molecule has 1 fully saturated rings. The Morgan fingerprint density at radius 1 is 0.750 bits per heavy atom. The number of carbonyl (C=O) groups excluding carboxylic acids is 1. The van der Waals surface area contributed by atoms with Gasteiger partial charge in [0.1, 0.15) is 12.0 Å². The maximum atomic E-state index is 13.7. The number of aryl methyl sites for hydroxylation is 1. The number of halogens is 3. The molecular formula is C37H38F3N3O. The second-order valence-electron chi connectivity index (χ2n) is 12.0. The third-order valence-corrected chi connectivity index (χ3v) is 9.17. The summed E-state index contributed by atoms with van der Waals surface area (Å²) in [6, 6.07) is 32.6. The van der Waals surface area contributed by atoms with Crippen molar-refractivity contribution in [2.24, 2.45) is 0 Å². The quantitative estimate of drug-likeness (QED) is 0.202. The number of nitrogens with one attached hydrogen (secondary N) is 1. The topological polar surface area (TPSA) is 35.6 Å². The van der Waals surface area contributed by atoms with Gasteiger partial charge in [0.15, 0.2) is 0 Å². The summed E-state index contributed by atoms with van der Waals surface area (Å²) in [4.78, 5) is 18.6. The van der Waals surface area contributed by atoms with E-state index in [4.69, 9.17) is 0 Å². The molecule has 0 aromatic heterocycles. The summed E-state index contributed by atoms with van der Waals surface area (Å²) < 4.78 is 39.4. The van der Waals surface area contributed by atoms with Crippen LogP contribution in [0.4, 0.5) is 18.9 Å². The van der Waals surface area contributed by atoms with Crippen molar-refractivity contribution < 1.29 is 18.0 Å². The summed E-state index contributed by atoms with van der Waals surface area (Å²) in [6.07, 6.45) is -2.43. The molecule has 0 unspecified atom stereocenters. The Kier molecular flexibility index (Phi) is 8.50. The van der Waals surface area contributed by atoms with E-state index in [1.807, 2.05) is 48.5 Å². The van der Waals surface area contributed by atoms with Crippen molar-refractivity contribution in [3.05, 3.63) is 114 Å². The number of benzene rings is 4. The maximum absolute atomic E-state index is 13.7. The third kappa shape index (κ3) is 6.11. The molecule has 2 aliphatic rings. The summed E-state index contributed by atoms with van der Waals surface area (Å²) in [7, 11) is 0. The summed E-state index contributed by atoms with van der Waals surface area (Å²) in [5, 5.41) is 2.23. The molecule has 1 aliphatic carbocycles. The van der Waals surface area contributed by atoms with Gasteiger partial charge in [0, 0.05) is 31.9 Å². The minimum Gasteiger partial charge on any atom is -0.369 e. The van der Waals surface area contributed by atoms with Crippen LogP contribution in [0.2, 0.25) is 0 Å². The summed E-state index contributed by atoms with van der Waals surface area (Å²) >= 11 is 0. The van der Waals surface area contributed by atoms with Crippen LogP contribution in [0, 0.1) is 6.92 Å². The Hall–Kier alpha value is -4.10. The third-order valence-electron chi connectivity index (χ3n) is 9.17. The van der Waals surface area contributed by atoms with E-state index in [2.05, 4.69) is 70.6 Å². The Labute approximate surface area is 257 Å². The molecule has 7 heteroatoms. The molecule has 1 amide bonds. The Balaban J connectivity index is 1.07. The van der Waals surface area contributed by atoms with E-state index >= 15 is 0 Å². The molecule has 1 aliphatic heterocycles. The van der Waals surface area contributed by atoms with Crippen LogP contribution in [0.15, 0.2) is 97.1 Å². The highest BCUT2D eigenvalue weighted by molar-refractivity contribution is 6.00. The average Bonchev–Trinajstić information content (AvgIpc) is 3.33. The van der Waals surface area contributed by atoms with E-state index in [1.165, 1.54) is 22.4 Å². The van der Waals surface area contributed by atoms with Crippen LogP contribution in [0.3, 0.4) is 0 Å². The van der Waals surface area contributed by atoms with E-state index in [9.17, 15) is 18.0 Å². The highest BCUT2D eigenvalue weighted by Gasteiger charge is 2.49. The lowest BCUT2D eigenvalue weighted by molar-refractivity contribution is -0.141. The number of hydrogen-bond acceptors (Lipinski definition) is 3. The number of piperazine rings is 1.